The van der Waals surface area contributed by atoms with Crippen molar-refractivity contribution in [2.75, 3.05) is 26.9 Å². The van der Waals surface area contributed by atoms with Gasteiger partial charge in [0.25, 0.3) is 0 Å². The Morgan fingerprint density at radius 2 is 0.973 bits per heavy atom. The number of methoxy groups -OCH3 is 1. The lowest BCUT2D eigenvalue weighted by molar-refractivity contribution is -0.380. The van der Waals surface area contributed by atoms with Crippen LogP contribution in [0.5, 0.6) is 0 Å². The molecule has 0 aromatic carbocycles. The molecular formula is C44H61NO28. The fraction of sp³-hybridized carbons (Fsp3) is 0.750. The van der Waals surface area contributed by atoms with Crippen LogP contribution in [0.2, 0.25) is 0 Å². The Morgan fingerprint density at radius 1 is 0.507 bits per heavy atom. The predicted molar refractivity (Wildman–Crippen MR) is 228 cm³/mol. The molecular weight excluding hydrogens is 990 g/mol. The minimum absolute atomic E-state index is 0.266. The highest BCUT2D eigenvalue weighted by molar-refractivity contribution is 5.76. The highest BCUT2D eigenvalue weighted by Gasteiger charge is 2.60. The van der Waals surface area contributed by atoms with Crippen molar-refractivity contribution in [3.8, 4) is 0 Å². The number of carboxylic acid groups (broad SMARTS) is 1. The van der Waals surface area contributed by atoms with Gasteiger partial charge in [-0.1, -0.05) is 0 Å². The Labute approximate surface area is 417 Å². The van der Waals surface area contributed by atoms with E-state index in [2.05, 4.69) is 0 Å². The molecule has 0 spiro atoms. The Hall–Kier alpha value is -6.11. The summed E-state index contributed by atoms with van der Waals surface area (Å²) in [5, 5.41) is 10.3. The highest BCUT2D eigenvalue weighted by atomic mass is 16.8. The maximum absolute atomic E-state index is 13.0. The normalized spacial score (nSPS) is 33.4. The van der Waals surface area contributed by atoms with Crippen LogP contribution >= 0.6 is 0 Å². The summed E-state index contributed by atoms with van der Waals surface area (Å²) in [6.45, 7) is 10.0. The summed E-state index contributed by atoms with van der Waals surface area (Å²) in [6.07, 6.45) is -29.9. The number of hydrogen-bond acceptors (Lipinski definition) is 27. The molecule has 0 aromatic heterocycles. The average Bonchev–Trinajstić information content (AvgIpc) is 3.60. The molecule has 1 N–H and O–H groups in total. The van der Waals surface area contributed by atoms with Crippen molar-refractivity contribution < 1.29 is 134 Å². The van der Waals surface area contributed by atoms with E-state index in [1.54, 1.807) is 0 Å². The van der Waals surface area contributed by atoms with Crippen LogP contribution in [-0.4, -0.2) is 213 Å². The number of amides is 1. The van der Waals surface area contributed by atoms with Gasteiger partial charge >= 0.3 is 59.7 Å². The van der Waals surface area contributed by atoms with E-state index >= 15 is 0 Å². The second-order valence-corrected chi connectivity index (χ2v) is 17.0. The SMILES string of the molecule is CO[C@@H]1[C@@H](OC(C)=O)[C@@H](O[C@@H]2[C@@H]([C@@H](C)OC(C)=O)N(C(C)=O)C[C@@H]2OC(C)=O)O[C@H](COC(C)=O)[C@H]1O[C@H]1OC[C@H](OC(C)=O)[C@H](OC(C)=O)[C@H]1O[C@H]1O[C@H](C(=O)O)[C@@H](OC(C)=O)[C@H](OC(C)=O)[C@H]1OC(C)=O. The van der Waals surface area contributed by atoms with Crippen LogP contribution in [0, 0.1) is 0 Å². The van der Waals surface area contributed by atoms with Crippen LogP contribution in [0.15, 0.2) is 0 Å². The van der Waals surface area contributed by atoms with E-state index in [4.69, 9.17) is 75.8 Å². The Bertz CT molecular complexity index is 2060. The molecule has 4 aliphatic rings. The number of carboxylic acids is 1. The molecule has 4 saturated heterocycles. The topological polar surface area (TPSA) is 359 Å². The molecule has 0 radical (unpaired) electrons. The van der Waals surface area contributed by atoms with Gasteiger partial charge in [0.15, 0.2) is 61.4 Å². The van der Waals surface area contributed by atoms with Gasteiger partial charge in [-0.3, -0.25) is 47.9 Å². The number of hydrogen-bond donors (Lipinski definition) is 1. The fourth-order valence-electron chi connectivity index (χ4n) is 8.76. The van der Waals surface area contributed by atoms with E-state index in [0.29, 0.717) is 0 Å². The first-order valence-electron chi connectivity index (χ1n) is 22.6. The summed E-state index contributed by atoms with van der Waals surface area (Å²) in [7, 11) is 1.14. The summed E-state index contributed by atoms with van der Waals surface area (Å²) >= 11 is 0. The first-order valence-corrected chi connectivity index (χ1v) is 22.6. The van der Waals surface area contributed by atoms with Crippen LogP contribution < -0.4 is 0 Å². The Kier molecular flexibility index (Phi) is 21.3. The standard InChI is InChI=1S/C44H61NO28/c1-16(61-19(4)48)30-31(27(62-20(5)49)13-45(30)17(2)46)70-43-39(67-25(10)54)34(58-12)32(29(69-43)14-59-18(3)47)71-42-38(33(64-22(7)51)28(15-60-42)63-21(6)50)73-44-40(68-26(11)55)36(66-24(9)53)35(65-23(8)52)37(72-44)41(56)57/h16,27-40,42-44H,13-15H2,1-12H3,(H,56,57)/t16-,27+,28+,29-,30-,31+,32-,33+,34+,35+,36+,37+,38-,39-,40-,42-,43-,44-/m1/s1. The van der Waals surface area contributed by atoms with E-state index in [1.165, 1.54) is 18.7 Å². The third kappa shape index (κ3) is 15.9. The summed E-state index contributed by atoms with van der Waals surface area (Å²) in [4.78, 5) is 140. The van der Waals surface area contributed by atoms with Gasteiger partial charge in [-0.2, -0.15) is 0 Å². The quantitative estimate of drug-likeness (QED) is 0.111. The van der Waals surface area contributed by atoms with Gasteiger partial charge in [-0.15, -0.1) is 0 Å². The Balaban J connectivity index is 1.90. The minimum Gasteiger partial charge on any atom is -0.479 e. The summed E-state index contributed by atoms with van der Waals surface area (Å²) < 4.78 is 92.6. The van der Waals surface area contributed by atoms with Gasteiger partial charge < -0.3 is 85.8 Å². The maximum atomic E-state index is 13.0. The maximum Gasteiger partial charge on any atom is 0.337 e. The molecule has 4 rings (SSSR count). The van der Waals surface area contributed by atoms with E-state index in [0.717, 1.165) is 69.4 Å². The van der Waals surface area contributed by atoms with Gasteiger partial charge in [-0.25, -0.2) is 4.79 Å². The molecule has 73 heavy (non-hydrogen) atoms. The van der Waals surface area contributed by atoms with Crippen molar-refractivity contribution in [2.24, 2.45) is 0 Å². The lowest BCUT2D eigenvalue weighted by Crippen LogP contribution is -2.68. The van der Waals surface area contributed by atoms with Crippen molar-refractivity contribution in [3.63, 3.8) is 0 Å². The summed E-state index contributed by atoms with van der Waals surface area (Å²) in [6, 6.07) is -1.17. The molecule has 410 valence electrons. The number of rotatable bonds is 19. The first-order chi connectivity index (χ1) is 34.1. The molecule has 4 heterocycles. The number of nitrogens with zero attached hydrogens (tertiary/aromatic N) is 1. The highest BCUT2D eigenvalue weighted by Crippen LogP contribution is 2.39. The van der Waals surface area contributed by atoms with Gasteiger partial charge in [0.1, 0.15) is 43.2 Å². The van der Waals surface area contributed by atoms with Crippen LogP contribution in [-0.2, 0) is 129 Å². The molecule has 4 fully saturated rings. The smallest absolute Gasteiger partial charge is 0.337 e. The second-order valence-electron chi connectivity index (χ2n) is 17.0. The van der Waals surface area contributed by atoms with Gasteiger partial charge in [0, 0.05) is 76.3 Å². The molecule has 0 aromatic rings. The number of esters is 9. The summed E-state index contributed by atoms with van der Waals surface area (Å²) in [5.41, 5.74) is 0. The van der Waals surface area contributed by atoms with E-state index < -0.39 is 189 Å². The molecule has 18 atom stereocenters. The van der Waals surface area contributed by atoms with Gasteiger partial charge in [0.2, 0.25) is 12.2 Å². The zero-order valence-corrected chi connectivity index (χ0v) is 41.9. The molecule has 0 bridgehead atoms. The van der Waals surface area contributed by atoms with E-state index in [1.807, 2.05) is 0 Å². The monoisotopic (exact) mass is 1050 g/mol. The molecule has 29 nitrogen and oxygen atoms in total. The van der Waals surface area contributed by atoms with Crippen molar-refractivity contribution >= 4 is 65.6 Å². The number of carbonyl (C=O) groups excluding carboxylic acids is 10. The van der Waals surface area contributed by atoms with Crippen LogP contribution in [0.4, 0.5) is 0 Å². The number of aliphatic carboxylic acids is 1. The molecule has 1 amide bonds. The zero-order chi connectivity index (χ0) is 54.8. The van der Waals surface area contributed by atoms with Crippen molar-refractivity contribution in [1.82, 2.24) is 4.90 Å². The van der Waals surface area contributed by atoms with Crippen molar-refractivity contribution in [1.29, 1.82) is 0 Å². The fourth-order valence-corrected chi connectivity index (χ4v) is 8.76. The van der Waals surface area contributed by atoms with Crippen LogP contribution in [0.3, 0.4) is 0 Å². The predicted octanol–water partition coefficient (Wildman–Crippen LogP) is -1.68. The zero-order valence-electron chi connectivity index (χ0n) is 41.9. The first kappa shape index (κ1) is 59.5. The lowest BCUT2D eigenvalue weighted by Gasteiger charge is -2.49. The van der Waals surface area contributed by atoms with E-state index in [9.17, 15) is 57.8 Å². The van der Waals surface area contributed by atoms with Crippen LogP contribution in [0.1, 0.15) is 76.2 Å². The average molecular weight is 1050 g/mol. The van der Waals surface area contributed by atoms with Crippen molar-refractivity contribution in [3.05, 3.63) is 0 Å². The molecule has 29 heteroatoms. The Morgan fingerprint density at radius 3 is 1.47 bits per heavy atom. The summed E-state index contributed by atoms with van der Waals surface area (Å²) in [5.74, 6) is -10.9. The minimum atomic E-state index is -2.23. The third-order valence-corrected chi connectivity index (χ3v) is 11.1. The van der Waals surface area contributed by atoms with Gasteiger partial charge in [0.05, 0.1) is 19.2 Å². The lowest BCUT2D eigenvalue weighted by atomic mass is 9.96. The third-order valence-electron chi connectivity index (χ3n) is 11.1. The largest absolute Gasteiger partial charge is 0.479 e. The number of likely N-dealkylation sites (tertiary alicyclic amines) is 1. The molecule has 0 aliphatic carbocycles. The van der Waals surface area contributed by atoms with Crippen LogP contribution in [0.25, 0.3) is 0 Å². The van der Waals surface area contributed by atoms with E-state index in [-0.39, 0.29) is 6.54 Å². The second kappa shape index (κ2) is 26.2. The number of carbonyl (C=O) groups is 11. The van der Waals surface area contributed by atoms with Crippen molar-refractivity contribution in [2.45, 2.75) is 187 Å². The number of ether oxygens (including phenoxy) is 16. The molecule has 0 unspecified atom stereocenters. The van der Waals surface area contributed by atoms with Gasteiger partial charge in [-0.05, 0) is 6.92 Å². The molecule has 4 aliphatic heterocycles. The molecule has 0 saturated carbocycles.